The summed E-state index contributed by atoms with van der Waals surface area (Å²) in [5, 5.41) is 11.6. The Bertz CT molecular complexity index is 996. The van der Waals surface area contributed by atoms with Crippen molar-refractivity contribution >= 4 is 33.1 Å². The monoisotopic (exact) mass is 406 g/mol. The molecule has 10 heteroatoms. The van der Waals surface area contributed by atoms with Crippen LogP contribution in [0.4, 0.5) is 5.82 Å². The summed E-state index contributed by atoms with van der Waals surface area (Å²) < 4.78 is 31.5. The van der Waals surface area contributed by atoms with Gasteiger partial charge in [-0.3, -0.25) is 9.89 Å². The molecule has 0 atom stereocenters. The van der Waals surface area contributed by atoms with Crippen LogP contribution >= 0.6 is 11.3 Å². The first kappa shape index (κ1) is 19.2. The second-order valence-electron chi connectivity index (χ2n) is 5.51. The van der Waals surface area contributed by atoms with Crippen molar-refractivity contribution in [3.63, 3.8) is 0 Å². The number of carbonyl (C=O) groups excluding carboxylic acids is 1. The van der Waals surface area contributed by atoms with Crippen LogP contribution in [-0.4, -0.2) is 44.8 Å². The molecule has 0 radical (unpaired) electrons. The number of hydrogen-bond donors (Lipinski definition) is 3. The van der Waals surface area contributed by atoms with Gasteiger partial charge in [0.25, 0.3) is 5.91 Å². The SMILES string of the molecule is COCCNS(=O)(=O)c1ccc(C(=O)Nc2cc(-c3cccs3)[nH]n2)cc1. The van der Waals surface area contributed by atoms with Gasteiger partial charge in [0.15, 0.2) is 5.82 Å². The lowest BCUT2D eigenvalue weighted by atomic mass is 10.2. The van der Waals surface area contributed by atoms with Crippen molar-refractivity contribution in [1.82, 2.24) is 14.9 Å². The molecule has 3 rings (SSSR count). The van der Waals surface area contributed by atoms with Crippen LogP contribution < -0.4 is 10.0 Å². The minimum absolute atomic E-state index is 0.0786. The first-order valence-corrected chi connectivity index (χ1v) is 10.4. The van der Waals surface area contributed by atoms with E-state index in [-0.39, 0.29) is 24.0 Å². The molecule has 0 fully saturated rings. The molecule has 0 aliphatic carbocycles. The van der Waals surface area contributed by atoms with E-state index in [1.165, 1.54) is 31.4 Å². The molecule has 27 heavy (non-hydrogen) atoms. The van der Waals surface area contributed by atoms with Crippen molar-refractivity contribution in [3.8, 4) is 10.6 Å². The maximum Gasteiger partial charge on any atom is 0.256 e. The fraction of sp³-hybridized carbons (Fsp3) is 0.176. The smallest absolute Gasteiger partial charge is 0.256 e. The van der Waals surface area contributed by atoms with E-state index in [0.717, 1.165) is 10.6 Å². The number of amides is 1. The molecule has 0 aliphatic rings. The Kier molecular flexibility index (Phi) is 6.01. The number of anilines is 1. The maximum atomic E-state index is 12.3. The summed E-state index contributed by atoms with van der Waals surface area (Å²) >= 11 is 1.56. The Morgan fingerprint density at radius 2 is 2.04 bits per heavy atom. The Morgan fingerprint density at radius 1 is 1.26 bits per heavy atom. The van der Waals surface area contributed by atoms with Crippen molar-refractivity contribution in [3.05, 3.63) is 53.4 Å². The van der Waals surface area contributed by atoms with Crippen LogP contribution in [0.1, 0.15) is 10.4 Å². The van der Waals surface area contributed by atoms with Gasteiger partial charge in [0.05, 0.1) is 22.1 Å². The Balaban J connectivity index is 1.65. The van der Waals surface area contributed by atoms with Gasteiger partial charge < -0.3 is 10.1 Å². The fourth-order valence-electron chi connectivity index (χ4n) is 2.28. The quantitative estimate of drug-likeness (QED) is 0.497. The van der Waals surface area contributed by atoms with Crippen LogP contribution in [0.25, 0.3) is 10.6 Å². The maximum absolute atomic E-state index is 12.3. The zero-order valence-electron chi connectivity index (χ0n) is 14.4. The van der Waals surface area contributed by atoms with Crippen molar-refractivity contribution in [2.24, 2.45) is 0 Å². The second kappa shape index (κ2) is 8.44. The normalized spacial score (nSPS) is 11.4. The molecule has 2 aromatic heterocycles. The summed E-state index contributed by atoms with van der Waals surface area (Å²) in [5.41, 5.74) is 1.13. The minimum Gasteiger partial charge on any atom is -0.383 e. The van der Waals surface area contributed by atoms with Crippen LogP contribution in [0.3, 0.4) is 0 Å². The summed E-state index contributed by atoms with van der Waals surface area (Å²) in [6.45, 7) is 0.448. The van der Waals surface area contributed by atoms with Crippen molar-refractivity contribution in [1.29, 1.82) is 0 Å². The van der Waals surface area contributed by atoms with Crippen LogP contribution in [0.2, 0.25) is 0 Å². The van der Waals surface area contributed by atoms with Gasteiger partial charge in [-0.15, -0.1) is 11.3 Å². The van der Waals surface area contributed by atoms with E-state index in [1.807, 2.05) is 17.5 Å². The lowest BCUT2D eigenvalue weighted by molar-refractivity contribution is 0.102. The van der Waals surface area contributed by atoms with Crippen LogP contribution in [0, 0.1) is 0 Å². The summed E-state index contributed by atoms with van der Waals surface area (Å²) in [7, 11) is -2.14. The summed E-state index contributed by atoms with van der Waals surface area (Å²) in [6.07, 6.45) is 0. The third kappa shape index (κ3) is 4.80. The summed E-state index contributed by atoms with van der Waals surface area (Å²) in [6, 6.07) is 11.3. The first-order chi connectivity index (χ1) is 13.0. The van der Waals surface area contributed by atoms with E-state index in [0.29, 0.717) is 11.4 Å². The zero-order chi connectivity index (χ0) is 19.3. The third-order valence-electron chi connectivity index (χ3n) is 3.63. The number of aromatic amines is 1. The van der Waals surface area contributed by atoms with Gasteiger partial charge in [-0.2, -0.15) is 5.10 Å². The number of hydrogen-bond acceptors (Lipinski definition) is 6. The van der Waals surface area contributed by atoms with Gasteiger partial charge in [-0.05, 0) is 35.7 Å². The molecular formula is C17H18N4O4S2. The Morgan fingerprint density at radius 3 is 2.70 bits per heavy atom. The molecule has 2 heterocycles. The molecule has 0 saturated carbocycles. The lowest BCUT2D eigenvalue weighted by Gasteiger charge is -2.07. The van der Waals surface area contributed by atoms with E-state index in [1.54, 1.807) is 17.4 Å². The van der Waals surface area contributed by atoms with Crippen molar-refractivity contribution in [2.75, 3.05) is 25.6 Å². The fourth-order valence-corrected chi connectivity index (χ4v) is 3.98. The summed E-state index contributed by atoms with van der Waals surface area (Å²) in [4.78, 5) is 13.4. The van der Waals surface area contributed by atoms with Gasteiger partial charge in [-0.1, -0.05) is 6.07 Å². The molecule has 0 saturated heterocycles. The van der Waals surface area contributed by atoms with E-state index in [9.17, 15) is 13.2 Å². The van der Waals surface area contributed by atoms with E-state index < -0.39 is 10.0 Å². The Hall–Kier alpha value is -2.53. The summed E-state index contributed by atoms with van der Waals surface area (Å²) in [5.74, 6) is 0.0110. The van der Waals surface area contributed by atoms with Crippen molar-refractivity contribution in [2.45, 2.75) is 4.90 Å². The number of carbonyl (C=O) groups is 1. The number of nitrogens with zero attached hydrogens (tertiary/aromatic N) is 1. The van der Waals surface area contributed by atoms with Crippen LogP contribution in [-0.2, 0) is 14.8 Å². The standard InChI is InChI=1S/C17H18N4O4S2/c1-25-9-8-18-27(23,24)13-6-4-12(5-7-13)17(22)19-16-11-14(20-21-16)15-3-2-10-26-15/h2-7,10-11,18H,8-9H2,1H3,(H2,19,20,21,22). The molecule has 1 amide bonds. The average Bonchev–Trinajstić information content (AvgIpc) is 3.33. The first-order valence-electron chi connectivity index (χ1n) is 7.99. The van der Waals surface area contributed by atoms with Gasteiger partial charge in [0.2, 0.25) is 10.0 Å². The van der Waals surface area contributed by atoms with Gasteiger partial charge >= 0.3 is 0 Å². The highest BCUT2D eigenvalue weighted by atomic mass is 32.2. The van der Waals surface area contributed by atoms with Gasteiger partial charge in [-0.25, -0.2) is 13.1 Å². The number of rotatable bonds is 8. The highest BCUT2D eigenvalue weighted by Crippen LogP contribution is 2.24. The highest BCUT2D eigenvalue weighted by molar-refractivity contribution is 7.89. The van der Waals surface area contributed by atoms with E-state index in [4.69, 9.17) is 4.74 Å². The molecule has 0 aliphatic heterocycles. The molecular weight excluding hydrogens is 388 g/mol. The number of aromatic nitrogens is 2. The molecule has 0 spiro atoms. The molecule has 3 aromatic rings. The predicted molar refractivity (Wildman–Crippen MR) is 103 cm³/mol. The van der Waals surface area contributed by atoms with Crippen LogP contribution in [0.15, 0.2) is 52.7 Å². The zero-order valence-corrected chi connectivity index (χ0v) is 16.1. The largest absolute Gasteiger partial charge is 0.383 e. The van der Waals surface area contributed by atoms with Crippen LogP contribution in [0.5, 0.6) is 0 Å². The van der Waals surface area contributed by atoms with Gasteiger partial charge in [0.1, 0.15) is 0 Å². The highest BCUT2D eigenvalue weighted by Gasteiger charge is 2.15. The number of H-pyrrole nitrogens is 1. The second-order valence-corrected chi connectivity index (χ2v) is 8.23. The number of nitrogens with one attached hydrogen (secondary N) is 3. The molecule has 0 bridgehead atoms. The van der Waals surface area contributed by atoms with E-state index in [2.05, 4.69) is 20.2 Å². The molecule has 1 aromatic carbocycles. The third-order valence-corrected chi connectivity index (χ3v) is 6.01. The number of benzene rings is 1. The number of sulfonamides is 1. The molecule has 0 unspecified atom stereocenters. The molecule has 8 nitrogen and oxygen atoms in total. The van der Waals surface area contributed by atoms with Gasteiger partial charge in [0, 0.05) is 25.3 Å². The molecule has 142 valence electrons. The lowest BCUT2D eigenvalue weighted by Crippen LogP contribution is -2.27. The van der Waals surface area contributed by atoms with E-state index >= 15 is 0 Å². The minimum atomic E-state index is -3.63. The number of methoxy groups -OCH3 is 1. The number of thiophene rings is 1. The molecule has 3 N–H and O–H groups in total. The predicted octanol–water partition coefficient (Wildman–Crippen LogP) is 2.32. The van der Waals surface area contributed by atoms with Crippen molar-refractivity contribution < 1.29 is 17.9 Å². The number of ether oxygens (including phenoxy) is 1. The topological polar surface area (TPSA) is 113 Å². The Labute approximate surface area is 160 Å². The average molecular weight is 406 g/mol.